The monoisotopic (exact) mass is 348 g/mol. The first-order valence-electron chi connectivity index (χ1n) is 10.3. The first-order chi connectivity index (χ1) is 12.8. The van der Waals surface area contributed by atoms with Gasteiger partial charge in [-0.2, -0.15) is 0 Å². The van der Waals surface area contributed by atoms with Gasteiger partial charge in [-0.1, -0.05) is 74.6 Å². The van der Waals surface area contributed by atoms with Gasteiger partial charge in [0.1, 0.15) is 12.2 Å². The highest BCUT2D eigenvalue weighted by molar-refractivity contribution is 5.53. The molecule has 4 unspecified atom stereocenters. The van der Waals surface area contributed by atoms with Gasteiger partial charge < -0.3 is 10.2 Å². The zero-order chi connectivity index (χ0) is 17.7. The Kier molecular flexibility index (Phi) is 4.14. The molecule has 0 amide bonds. The molecule has 0 heterocycles. The van der Waals surface area contributed by atoms with Crippen molar-refractivity contribution in [2.45, 2.75) is 63.1 Å². The molecule has 26 heavy (non-hydrogen) atoms. The molecule has 2 saturated carbocycles. The van der Waals surface area contributed by atoms with E-state index in [2.05, 4.69) is 12.1 Å². The Morgan fingerprint density at radius 2 is 1.27 bits per heavy atom. The van der Waals surface area contributed by atoms with Gasteiger partial charge in [0.05, 0.1) is 0 Å². The predicted octanol–water partition coefficient (Wildman–Crippen LogP) is 5.24. The van der Waals surface area contributed by atoms with Crippen LogP contribution in [0.2, 0.25) is 0 Å². The number of fused-ring (bicyclic) bond motifs is 2. The largest absolute Gasteiger partial charge is 0.384 e. The molecule has 0 aliphatic heterocycles. The maximum absolute atomic E-state index is 11.2. The van der Waals surface area contributed by atoms with Crippen LogP contribution in [0, 0.1) is 11.8 Å². The van der Waals surface area contributed by atoms with Crippen molar-refractivity contribution in [2.24, 2.45) is 11.8 Å². The zero-order valence-electron chi connectivity index (χ0n) is 15.3. The van der Waals surface area contributed by atoms with E-state index in [0.29, 0.717) is 5.92 Å². The third-order valence-corrected chi connectivity index (χ3v) is 7.30. The van der Waals surface area contributed by atoms with Gasteiger partial charge in [0.25, 0.3) is 0 Å². The summed E-state index contributed by atoms with van der Waals surface area (Å²) in [4.78, 5) is 0. The maximum Gasteiger partial charge on any atom is 0.105 e. The van der Waals surface area contributed by atoms with E-state index in [1.54, 1.807) is 0 Å². The van der Waals surface area contributed by atoms with Crippen LogP contribution in [-0.2, 0) is 0 Å². The minimum Gasteiger partial charge on any atom is -0.384 e. The lowest BCUT2D eigenvalue weighted by Gasteiger charge is -2.34. The molecular weight excluding hydrogens is 320 g/mol. The van der Waals surface area contributed by atoms with Crippen LogP contribution >= 0.6 is 0 Å². The van der Waals surface area contributed by atoms with Crippen molar-refractivity contribution in [1.29, 1.82) is 0 Å². The van der Waals surface area contributed by atoms with E-state index < -0.39 is 12.2 Å². The lowest BCUT2D eigenvalue weighted by atomic mass is 9.73. The number of benzene rings is 2. The second kappa shape index (κ2) is 6.51. The van der Waals surface area contributed by atoms with Crippen molar-refractivity contribution >= 4 is 0 Å². The van der Waals surface area contributed by atoms with Crippen molar-refractivity contribution in [3.63, 3.8) is 0 Å². The number of hydrogen-bond donors (Lipinski definition) is 2. The quantitative estimate of drug-likeness (QED) is 0.779. The van der Waals surface area contributed by atoms with Gasteiger partial charge >= 0.3 is 0 Å². The minimum absolute atomic E-state index is 0.542. The van der Waals surface area contributed by atoms with Crippen LogP contribution in [-0.4, -0.2) is 10.2 Å². The Hall–Kier alpha value is -1.64. The van der Waals surface area contributed by atoms with Crippen LogP contribution in [0.3, 0.4) is 0 Å². The summed E-state index contributed by atoms with van der Waals surface area (Å²) in [5.74, 6) is 2.15. The highest BCUT2D eigenvalue weighted by Gasteiger charge is 2.39. The molecule has 4 atom stereocenters. The van der Waals surface area contributed by atoms with Crippen molar-refractivity contribution in [3.05, 3.63) is 70.3 Å². The Bertz CT molecular complexity index is 806. The van der Waals surface area contributed by atoms with E-state index in [-0.39, 0.29) is 0 Å². The fourth-order valence-corrected chi connectivity index (χ4v) is 6.14. The second-order valence-electron chi connectivity index (χ2n) is 8.53. The van der Waals surface area contributed by atoms with E-state index >= 15 is 0 Å². The van der Waals surface area contributed by atoms with Gasteiger partial charge in [0.2, 0.25) is 0 Å². The fraction of sp³-hybridized carbons (Fsp3) is 0.500. The Morgan fingerprint density at radius 3 is 2.04 bits per heavy atom. The summed E-state index contributed by atoms with van der Waals surface area (Å²) in [6.45, 7) is 0. The van der Waals surface area contributed by atoms with E-state index in [1.165, 1.54) is 50.5 Å². The van der Waals surface area contributed by atoms with Gasteiger partial charge in [0.15, 0.2) is 0 Å². The van der Waals surface area contributed by atoms with Crippen molar-refractivity contribution < 1.29 is 10.2 Å². The maximum atomic E-state index is 11.2. The minimum atomic E-state index is -0.629. The van der Waals surface area contributed by atoms with Gasteiger partial charge in [-0.3, -0.25) is 0 Å². The van der Waals surface area contributed by atoms with Crippen molar-refractivity contribution in [3.8, 4) is 0 Å². The summed E-state index contributed by atoms with van der Waals surface area (Å²) >= 11 is 0. The first kappa shape index (κ1) is 16.5. The summed E-state index contributed by atoms with van der Waals surface area (Å²) < 4.78 is 0. The fourth-order valence-electron chi connectivity index (χ4n) is 6.14. The average molecular weight is 348 g/mol. The Labute approximate surface area is 155 Å². The summed E-state index contributed by atoms with van der Waals surface area (Å²) in [6.07, 6.45) is 8.13. The first-order valence-corrected chi connectivity index (χ1v) is 10.3. The van der Waals surface area contributed by atoms with Gasteiger partial charge in [-0.15, -0.1) is 0 Å². The second-order valence-corrected chi connectivity index (χ2v) is 8.53. The molecule has 2 aromatic carbocycles. The molecule has 5 rings (SSSR count). The third kappa shape index (κ3) is 2.46. The number of aliphatic hydroxyl groups is 2. The Balaban J connectivity index is 1.59. The molecule has 136 valence electrons. The summed E-state index contributed by atoms with van der Waals surface area (Å²) in [6, 6.07) is 14.1. The summed E-state index contributed by atoms with van der Waals surface area (Å²) in [5, 5.41) is 22.2. The molecule has 0 spiro atoms. The van der Waals surface area contributed by atoms with Crippen LogP contribution in [0.15, 0.2) is 42.5 Å². The van der Waals surface area contributed by atoms with Crippen LogP contribution < -0.4 is 0 Å². The van der Waals surface area contributed by atoms with Crippen LogP contribution in [0.1, 0.15) is 90.9 Å². The molecule has 3 aliphatic rings. The summed E-state index contributed by atoms with van der Waals surface area (Å²) in [5.41, 5.74) is 4.93. The van der Waals surface area contributed by atoms with E-state index in [1.807, 2.05) is 30.3 Å². The zero-order valence-corrected chi connectivity index (χ0v) is 15.3. The van der Waals surface area contributed by atoms with E-state index in [9.17, 15) is 10.2 Å². The number of rotatable bonds is 2. The van der Waals surface area contributed by atoms with E-state index in [0.717, 1.165) is 34.1 Å². The standard InChI is InChI=1S/C24H28O2/c25-23-19-9-3-4-10-20(19)24(26)22-18(13-6-14-21(22)23)17-12-5-11-16(17)15-7-1-2-8-15/h3-4,6,9-10,13-17,23-26H,1-2,5,7-8,11-12H2. The van der Waals surface area contributed by atoms with Gasteiger partial charge in [0, 0.05) is 0 Å². The van der Waals surface area contributed by atoms with E-state index in [4.69, 9.17) is 0 Å². The van der Waals surface area contributed by atoms with Gasteiger partial charge in [-0.25, -0.2) is 0 Å². The molecule has 2 aromatic rings. The molecule has 0 radical (unpaired) electrons. The summed E-state index contributed by atoms with van der Waals surface area (Å²) in [7, 11) is 0. The normalized spacial score (nSPS) is 31.0. The van der Waals surface area contributed by atoms with Crippen LogP contribution in [0.5, 0.6) is 0 Å². The number of aliphatic hydroxyl groups excluding tert-OH is 2. The van der Waals surface area contributed by atoms with Crippen molar-refractivity contribution in [1.82, 2.24) is 0 Å². The van der Waals surface area contributed by atoms with Crippen LogP contribution in [0.25, 0.3) is 0 Å². The predicted molar refractivity (Wildman–Crippen MR) is 103 cm³/mol. The molecule has 0 aromatic heterocycles. The lowest BCUT2D eigenvalue weighted by Crippen LogP contribution is -2.23. The Morgan fingerprint density at radius 1 is 0.615 bits per heavy atom. The molecule has 0 saturated heterocycles. The third-order valence-electron chi connectivity index (χ3n) is 7.30. The molecule has 3 aliphatic carbocycles. The number of hydrogen-bond acceptors (Lipinski definition) is 2. The van der Waals surface area contributed by atoms with Gasteiger partial charge in [-0.05, 0) is 58.4 Å². The molecule has 2 nitrogen and oxygen atoms in total. The molecule has 2 heteroatoms. The topological polar surface area (TPSA) is 40.5 Å². The molecule has 0 bridgehead atoms. The lowest BCUT2D eigenvalue weighted by molar-refractivity contribution is 0.171. The van der Waals surface area contributed by atoms with Crippen molar-refractivity contribution in [2.75, 3.05) is 0 Å². The highest BCUT2D eigenvalue weighted by atomic mass is 16.3. The SMILES string of the molecule is OC1c2ccccc2C(O)c2c1cccc2C1CCCC1C1CCCC1. The molecular formula is C24H28O2. The molecule has 2 N–H and O–H groups in total. The molecule has 2 fully saturated rings. The highest BCUT2D eigenvalue weighted by Crippen LogP contribution is 2.52. The van der Waals surface area contributed by atoms with Crippen LogP contribution in [0.4, 0.5) is 0 Å². The smallest absolute Gasteiger partial charge is 0.105 e. The average Bonchev–Trinajstić information content (AvgIpc) is 3.36.